The molecule has 0 bridgehead atoms. The van der Waals surface area contributed by atoms with Crippen LogP contribution < -0.4 is 9.04 Å². The molecule has 0 amide bonds. The quantitative estimate of drug-likeness (QED) is 0.356. The van der Waals surface area contributed by atoms with Gasteiger partial charge in [-0.15, -0.1) is 0 Å². The zero-order valence-corrected chi connectivity index (χ0v) is 16.2. The highest BCUT2D eigenvalue weighted by molar-refractivity contribution is 7.92. The van der Waals surface area contributed by atoms with Crippen molar-refractivity contribution in [3.8, 4) is 5.75 Å². The van der Waals surface area contributed by atoms with Crippen LogP contribution in [0.3, 0.4) is 0 Å². The first-order valence-electron chi connectivity index (χ1n) is 8.45. The molecule has 0 aliphatic rings. The molecule has 0 saturated heterocycles. The molecule has 0 aromatic heterocycles. The van der Waals surface area contributed by atoms with Gasteiger partial charge in [0.2, 0.25) is 0 Å². The summed E-state index contributed by atoms with van der Waals surface area (Å²) in [5.41, 5.74) is -0.0356. The topological polar surface area (TPSA) is 116 Å². The summed E-state index contributed by atoms with van der Waals surface area (Å²) < 4.78 is 37.4. The number of nitro benzene ring substituents is 1. The molecule has 10 heteroatoms. The third kappa shape index (κ3) is 4.97. The van der Waals surface area contributed by atoms with Crippen LogP contribution in [0.5, 0.6) is 5.75 Å². The standard InChI is InChI=1S/C18H20N2O7S/c1-3-26-16-7-5-6-15(12-16)19(13-18(21)27-4-2)28(24,25)17-10-8-14(9-11-17)20(22)23/h5-12H,3-4,13H2,1-2H3. The molecule has 150 valence electrons. The molecular weight excluding hydrogens is 388 g/mol. The lowest BCUT2D eigenvalue weighted by Crippen LogP contribution is -2.36. The van der Waals surface area contributed by atoms with Gasteiger partial charge in [-0.1, -0.05) is 6.07 Å². The summed E-state index contributed by atoms with van der Waals surface area (Å²) in [5, 5.41) is 10.8. The molecule has 9 nitrogen and oxygen atoms in total. The number of hydrogen-bond donors (Lipinski definition) is 0. The van der Waals surface area contributed by atoms with E-state index in [9.17, 15) is 23.3 Å². The first-order valence-corrected chi connectivity index (χ1v) is 9.89. The third-order valence-electron chi connectivity index (χ3n) is 3.63. The monoisotopic (exact) mass is 408 g/mol. The first-order chi connectivity index (χ1) is 13.3. The van der Waals surface area contributed by atoms with E-state index in [1.165, 1.54) is 12.1 Å². The number of nitro groups is 1. The van der Waals surface area contributed by atoms with Gasteiger partial charge in [-0.05, 0) is 38.1 Å². The van der Waals surface area contributed by atoms with E-state index in [0.29, 0.717) is 12.4 Å². The molecule has 0 aliphatic carbocycles. The summed E-state index contributed by atoms with van der Waals surface area (Å²) in [4.78, 5) is 22.0. The van der Waals surface area contributed by atoms with Crippen molar-refractivity contribution < 1.29 is 27.6 Å². The minimum atomic E-state index is -4.19. The Labute approximate surface area is 162 Å². The number of carbonyl (C=O) groups excluding carboxylic acids is 1. The Kier molecular flexibility index (Phi) is 6.94. The minimum Gasteiger partial charge on any atom is -0.494 e. The molecule has 0 unspecified atom stereocenters. The third-order valence-corrected chi connectivity index (χ3v) is 5.42. The van der Waals surface area contributed by atoms with E-state index in [2.05, 4.69) is 0 Å². The van der Waals surface area contributed by atoms with Crippen LogP contribution in [-0.4, -0.2) is 39.1 Å². The van der Waals surface area contributed by atoms with Crippen molar-refractivity contribution in [3.63, 3.8) is 0 Å². The summed E-state index contributed by atoms with van der Waals surface area (Å²) in [7, 11) is -4.19. The number of anilines is 1. The van der Waals surface area contributed by atoms with Crippen molar-refractivity contribution in [2.75, 3.05) is 24.1 Å². The fraction of sp³-hybridized carbons (Fsp3) is 0.278. The molecule has 0 radical (unpaired) electrons. The second-order valence-corrected chi connectivity index (χ2v) is 7.36. The molecule has 0 N–H and O–H groups in total. The number of sulfonamides is 1. The summed E-state index contributed by atoms with van der Waals surface area (Å²) in [6, 6.07) is 10.7. The van der Waals surface area contributed by atoms with Gasteiger partial charge in [-0.2, -0.15) is 0 Å². The number of non-ortho nitro benzene ring substituents is 1. The lowest BCUT2D eigenvalue weighted by molar-refractivity contribution is -0.384. The van der Waals surface area contributed by atoms with E-state index < -0.39 is 27.5 Å². The lowest BCUT2D eigenvalue weighted by Gasteiger charge is -2.24. The number of esters is 1. The van der Waals surface area contributed by atoms with Crippen molar-refractivity contribution >= 4 is 27.4 Å². The van der Waals surface area contributed by atoms with Gasteiger partial charge in [-0.3, -0.25) is 19.2 Å². The molecule has 0 saturated carbocycles. The second-order valence-electron chi connectivity index (χ2n) is 5.50. The van der Waals surface area contributed by atoms with Crippen molar-refractivity contribution in [2.45, 2.75) is 18.7 Å². The molecule has 0 aliphatic heterocycles. The minimum absolute atomic E-state index is 0.100. The maximum atomic E-state index is 13.1. The van der Waals surface area contributed by atoms with E-state index >= 15 is 0 Å². The van der Waals surface area contributed by atoms with E-state index in [4.69, 9.17) is 9.47 Å². The molecular formula is C18H20N2O7S. The van der Waals surface area contributed by atoms with Crippen LogP contribution in [0.2, 0.25) is 0 Å². The maximum Gasteiger partial charge on any atom is 0.326 e. The molecule has 28 heavy (non-hydrogen) atoms. The van der Waals surface area contributed by atoms with E-state index in [-0.39, 0.29) is 22.9 Å². The molecule has 0 atom stereocenters. The zero-order chi connectivity index (χ0) is 20.7. The van der Waals surface area contributed by atoms with E-state index in [1.54, 1.807) is 26.0 Å². The van der Waals surface area contributed by atoms with Crippen LogP contribution in [0.4, 0.5) is 11.4 Å². The SMILES string of the molecule is CCOC(=O)CN(c1cccc(OCC)c1)S(=O)(=O)c1ccc([N+](=O)[O-])cc1. The van der Waals surface area contributed by atoms with Gasteiger partial charge in [0, 0.05) is 18.2 Å². The van der Waals surface area contributed by atoms with Gasteiger partial charge in [-0.25, -0.2) is 8.42 Å². The van der Waals surface area contributed by atoms with Gasteiger partial charge < -0.3 is 9.47 Å². The number of carbonyl (C=O) groups is 1. The van der Waals surface area contributed by atoms with Gasteiger partial charge in [0.05, 0.1) is 28.7 Å². The van der Waals surface area contributed by atoms with Crippen LogP contribution >= 0.6 is 0 Å². The van der Waals surface area contributed by atoms with Gasteiger partial charge in [0.25, 0.3) is 15.7 Å². The van der Waals surface area contributed by atoms with Crippen molar-refractivity contribution in [1.29, 1.82) is 0 Å². The Bertz CT molecular complexity index is 943. The van der Waals surface area contributed by atoms with Gasteiger partial charge >= 0.3 is 5.97 Å². The van der Waals surface area contributed by atoms with Crippen molar-refractivity contribution in [1.82, 2.24) is 0 Å². The normalized spacial score (nSPS) is 10.9. The number of nitrogens with zero attached hydrogens (tertiary/aromatic N) is 2. The average Bonchev–Trinajstić information content (AvgIpc) is 2.67. The average molecular weight is 408 g/mol. The fourth-order valence-corrected chi connectivity index (χ4v) is 3.80. The summed E-state index contributed by atoms with van der Waals surface area (Å²) in [5.74, 6) is -0.289. The Morgan fingerprint density at radius 1 is 1.11 bits per heavy atom. The molecule has 0 spiro atoms. The molecule has 2 aromatic carbocycles. The maximum absolute atomic E-state index is 13.1. The van der Waals surface area contributed by atoms with Crippen LogP contribution in [0, 0.1) is 10.1 Å². The number of benzene rings is 2. The van der Waals surface area contributed by atoms with Crippen LogP contribution in [-0.2, 0) is 19.6 Å². The Morgan fingerprint density at radius 2 is 1.79 bits per heavy atom. The zero-order valence-electron chi connectivity index (χ0n) is 15.4. The van der Waals surface area contributed by atoms with Crippen LogP contribution in [0.15, 0.2) is 53.4 Å². The Morgan fingerprint density at radius 3 is 2.36 bits per heavy atom. The van der Waals surface area contributed by atoms with Gasteiger partial charge in [0.15, 0.2) is 0 Å². The number of ether oxygens (including phenoxy) is 2. The highest BCUT2D eigenvalue weighted by Crippen LogP contribution is 2.28. The Hall–Kier alpha value is -3.14. The summed E-state index contributed by atoms with van der Waals surface area (Å²) >= 11 is 0. The predicted octanol–water partition coefficient (Wildman–Crippen LogP) is 2.75. The molecule has 0 fully saturated rings. The summed E-state index contributed by atoms with van der Waals surface area (Å²) in [6.07, 6.45) is 0. The second kappa shape index (κ2) is 9.18. The van der Waals surface area contributed by atoms with E-state index in [0.717, 1.165) is 28.6 Å². The molecule has 2 aromatic rings. The van der Waals surface area contributed by atoms with Crippen molar-refractivity contribution in [2.24, 2.45) is 0 Å². The van der Waals surface area contributed by atoms with Gasteiger partial charge in [0.1, 0.15) is 12.3 Å². The molecule has 0 heterocycles. The van der Waals surface area contributed by atoms with Crippen molar-refractivity contribution in [3.05, 3.63) is 58.6 Å². The fourth-order valence-electron chi connectivity index (χ4n) is 2.40. The lowest BCUT2D eigenvalue weighted by atomic mass is 10.3. The number of hydrogen-bond acceptors (Lipinski definition) is 7. The Balaban J connectivity index is 2.48. The largest absolute Gasteiger partial charge is 0.494 e. The highest BCUT2D eigenvalue weighted by atomic mass is 32.2. The smallest absolute Gasteiger partial charge is 0.326 e. The van der Waals surface area contributed by atoms with Crippen LogP contribution in [0.25, 0.3) is 0 Å². The summed E-state index contributed by atoms with van der Waals surface area (Å²) in [6.45, 7) is 3.34. The van der Waals surface area contributed by atoms with Crippen LogP contribution in [0.1, 0.15) is 13.8 Å². The molecule has 2 rings (SSSR count). The number of rotatable bonds is 9. The predicted molar refractivity (Wildman–Crippen MR) is 102 cm³/mol. The highest BCUT2D eigenvalue weighted by Gasteiger charge is 2.28. The first kappa shape index (κ1) is 21.2. The van der Waals surface area contributed by atoms with E-state index in [1.807, 2.05) is 0 Å².